The SMILES string of the molecule is CCOC(=O)C1=C(C[NH+](C)Cc2cc(Cl)ccc2OC)NC(=O)NC1. The molecule has 1 heterocycles. The number of halogens is 1. The highest BCUT2D eigenvalue weighted by Gasteiger charge is 2.26. The minimum atomic E-state index is -0.418. The van der Waals surface area contributed by atoms with Gasteiger partial charge in [-0.15, -0.1) is 0 Å². The van der Waals surface area contributed by atoms with Crippen molar-refractivity contribution in [3.8, 4) is 5.75 Å². The number of nitrogens with one attached hydrogen (secondary N) is 3. The molecule has 1 aromatic carbocycles. The standard InChI is InChI=1S/C17H22ClN3O4/c1-4-25-16(22)13-8-19-17(23)20-14(13)10-21(2)9-11-7-12(18)5-6-15(11)24-3/h5-7H,4,8-10H2,1-3H3,(H2,19,20,23)/p+1. The van der Waals surface area contributed by atoms with Gasteiger partial charge in [-0.1, -0.05) is 11.6 Å². The Labute approximate surface area is 151 Å². The lowest BCUT2D eigenvalue weighted by molar-refractivity contribution is -0.889. The lowest BCUT2D eigenvalue weighted by Gasteiger charge is -2.24. The zero-order valence-corrected chi connectivity index (χ0v) is 15.3. The summed E-state index contributed by atoms with van der Waals surface area (Å²) in [7, 11) is 3.57. The quantitative estimate of drug-likeness (QED) is 0.612. The number of amides is 2. The van der Waals surface area contributed by atoms with Crippen LogP contribution in [0.15, 0.2) is 29.5 Å². The number of esters is 1. The molecule has 0 aromatic heterocycles. The smallest absolute Gasteiger partial charge is 0.337 e. The molecule has 25 heavy (non-hydrogen) atoms. The number of carbonyl (C=O) groups is 2. The van der Waals surface area contributed by atoms with Gasteiger partial charge in [0.1, 0.15) is 18.8 Å². The second-order valence-electron chi connectivity index (χ2n) is 5.75. The van der Waals surface area contributed by atoms with Gasteiger partial charge in [0.2, 0.25) is 0 Å². The lowest BCUT2D eigenvalue weighted by Crippen LogP contribution is -3.08. The van der Waals surface area contributed by atoms with Crippen molar-refractivity contribution in [1.82, 2.24) is 10.6 Å². The van der Waals surface area contributed by atoms with Gasteiger partial charge in [0, 0.05) is 10.6 Å². The van der Waals surface area contributed by atoms with Crippen LogP contribution in [0, 0.1) is 0 Å². The molecule has 0 saturated carbocycles. The fourth-order valence-electron chi connectivity index (χ4n) is 2.67. The van der Waals surface area contributed by atoms with E-state index in [0.29, 0.717) is 29.4 Å². The molecule has 0 saturated heterocycles. The van der Waals surface area contributed by atoms with E-state index in [4.69, 9.17) is 21.1 Å². The van der Waals surface area contributed by atoms with Crippen LogP contribution in [0.1, 0.15) is 12.5 Å². The third kappa shape index (κ3) is 5.11. The number of urea groups is 1. The molecule has 2 rings (SSSR count). The summed E-state index contributed by atoms with van der Waals surface area (Å²) in [6.07, 6.45) is 0. The van der Waals surface area contributed by atoms with Crippen molar-refractivity contribution >= 4 is 23.6 Å². The average molecular weight is 369 g/mol. The van der Waals surface area contributed by atoms with Gasteiger partial charge in [0.05, 0.1) is 38.6 Å². The van der Waals surface area contributed by atoms with E-state index < -0.39 is 5.97 Å². The Morgan fingerprint density at radius 1 is 1.36 bits per heavy atom. The van der Waals surface area contributed by atoms with Crippen molar-refractivity contribution in [3.63, 3.8) is 0 Å². The molecule has 2 amide bonds. The second-order valence-corrected chi connectivity index (χ2v) is 6.19. The molecule has 8 heteroatoms. The predicted molar refractivity (Wildman–Crippen MR) is 93.7 cm³/mol. The maximum Gasteiger partial charge on any atom is 0.337 e. The van der Waals surface area contributed by atoms with E-state index in [0.717, 1.165) is 16.2 Å². The van der Waals surface area contributed by atoms with Gasteiger partial charge in [-0.25, -0.2) is 9.59 Å². The van der Waals surface area contributed by atoms with E-state index in [1.54, 1.807) is 20.1 Å². The van der Waals surface area contributed by atoms with Crippen molar-refractivity contribution < 1.29 is 24.0 Å². The first-order valence-corrected chi connectivity index (χ1v) is 8.40. The van der Waals surface area contributed by atoms with Crippen molar-refractivity contribution in [3.05, 3.63) is 40.1 Å². The van der Waals surface area contributed by atoms with Crippen LogP contribution >= 0.6 is 11.6 Å². The summed E-state index contributed by atoms with van der Waals surface area (Å²) in [5.41, 5.74) is 1.96. The molecule has 0 fully saturated rings. The number of likely N-dealkylation sites (N-methyl/N-ethyl adjacent to an activating group) is 1. The summed E-state index contributed by atoms with van der Waals surface area (Å²) < 4.78 is 10.4. The number of rotatable bonds is 7. The van der Waals surface area contributed by atoms with Gasteiger partial charge >= 0.3 is 12.0 Å². The normalized spacial score (nSPS) is 15.3. The van der Waals surface area contributed by atoms with E-state index in [2.05, 4.69) is 10.6 Å². The van der Waals surface area contributed by atoms with Crippen molar-refractivity contribution in [1.29, 1.82) is 0 Å². The maximum absolute atomic E-state index is 12.1. The van der Waals surface area contributed by atoms with E-state index in [1.807, 2.05) is 19.2 Å². The van der Waals surface area contributed by atoms with Crippen LogP contribution in [-0.4, -0.2) is 45.9 Å². The predicted octanol–water partition coefficient (Wildman–Crippen LogP) is 0.493. The van der Waals surface area contributed by atoms with Gasteiger partial charge in [0.25, 0.3) is 0 Å². The molecule has 1 atom stereocenters. The van der Waals surface area contributed by atoms with Crippen LogP contribution in [0.25, 0.3) is 0 Å². The molecule has 1 aromatic rings. The summed E-state index contributed by atoms with van der Waals surface area (Å²) in [6, 6.07) is 5.12. The number of quaternary nitrogens is 1. The van der Waals surface area contributed by atoms with E-state index in [9.17, 15) is 9.59 Å². The molecular weight excluding hydrogens is 346 g/mol. The van der Waals surface area contributed by atoms with E-state index >= 15 is 0 Å². The van der Waals surface area contributed by atoms with Crippen molar-refractivity contribution in [2.75, 3.05) is 33.9 Å². The van der Waals surface area contributed by atoms with Gasteiger partial charge in [-0.05, 0) is 25.1 Å². The average Bonchev–Trinajstić information content (AvgIpc) is 2.55. The Bertz CT molecular complexity index is 690. The van der Waals surface area contributed by atoms with Crippen molar-refractivity contribution in [2.24, 2.45) is 0 Å². The lowest BCUT2D eigenvalue weighted by atomic mass is 10.1. The molecular formula is C17H23ClN3O4+. The maximum atomic E-state index is 12.1. The Kier molecular flexibility index (Phi) is 6.66. The van der Waals surface area contributed by atoms with Crippen molar-refractivity contribution in [2.45, 2.75) is 13.5 Å². The summed E-state index contributed by atoms with van der Waals surface area (Å²) >= 11 is 6.07. The summed E-state index contributed by atoms with van der Waals surface area (Å²) in [5, 5.41) is 5.94. The zero-order chi connectivity index (χ0) is 18.4. The monoisotopic (exact) mass is 368 g/mol. The molecule has 1 aliphatic rings. The largest absolute Gasteiger partial charge is 0.496 e. The summed E-state index contributed by atoms with van der Waals surface area (Å²) in [6.45, 7) is 3.26. The van der Waals surface area contributed by atoms with Gasteiger partial charge < -0.3 is 25.0 Å². The summed E-state index contributed by atoms with van der Waals surface area (Å²) in [5.74, 6) is 0.329. The first-order chi connectivity index (χ1) is 11.9. The molecule has 1 unspecified atom stereocenters. The Morgan fingerprint density at radius 2 is 2.12 bits per heavy atom. The molecule has 7 nitrogen and oxygen atoms in total. The molecule has 3 N–H and O–H groups in total. The highest BCUT2D eigenvalue weighted by molar-refractivity contribution is 6.30. The van der Waals surface area contributed by atoms with Crippen LogP contribution in [0.3, 0.4) is 0 Å². The zero-order valence-electron chi connectivity index (χ0n) is 14.6. The highest BCUT2D eigenvalue weighted by atomic mass is 35.5. The fourth-order valence-corrected chi connectivity index (χ4v) is 2.87. The van der Waals surface area contributed by atoms with Crippen LogP contribution in [0.4, 0.5) is 4.79 Å². The van der Waals surface area contributed by atoms with Gasteiger partial charge in [0.15, 0.2) is 0 Å². The first-order valence-electron chi connectivity index (χ1n) is 8.02. The van der Waals surface area contributed by atoms with E-state index in [1.165, 1.54) is 0 Å². The number of hydrogen-bond donors (Lipinski definition) is 3. The minimum absolute atomic E-state index is 0.160. The Hall–Kier alpha value is -2.25. The molecule has 1 aliphatic heterocycles. The minimum Gasteiger partial charge on any atom is -0.496 e. The van der Waals surface area contributed by atoms with Gasteiger partial charge in [-0.2, -0.15) is 0 Å². The van der Waals surface area contributed by atoms with Gasteiger partial charge in [-0.3, -0.25) is 0 Å². The number of benzene rings is 1. The first kappa shape index (κ1) is 19.1. The molecule has 0 aliphatic carbocycles. The fraction of sp³-hybridized carbons (Fsp3) is 0.412. The Morgan fingerprint density at radius 3 is 2.80 bits per heavy atom. The Balaban J connectivity index is 2.16. The highest BCUT2D eigenvalue weighted by Crippen LogP contribution is 2.21. The molecule has 0 spiro atoms. The number of methoxy groups -OCH3 is 1. The number of ether oxygens (including phenoxy) is 2. The second kappa shape index (κ2) is 8.73. The van der Waals surface area contributed by atoms with Crippen LogP contribution < -0.4 is 20.3 Å². The van der Waals surface area contributed by atoms with Crippen LogP contribution in [0.2, 0.25) is 5.02 Å². The topological polar surface area (TPSA) is 81.1 Å². The number of carbonyl (C=O) groups excluding carboxylic acids is 2. The molecule has 0 bridgehead atoms. The van der Waals surface area contributed by atoms with Crippen LogP contribution in [-0.2, 0) is 16.1 Å². The number of hydrogen-bond acceptors (Lipinski definition) is 4. The van der Waals surface area contributed by atoms with Crippen LogP contribution in [0.5, 0.6) is 5.75 Å². The molecule has 136 valence electrons. The third-order valence-electron chi connectivity index (χ3n) is 3.79. The third-order valence-corrected chi connectivity index (χ3v) is 4.02. The van der Waals surface area contributed by atoms with E-state index in [-0.39, 0.29) is 19.2 Å². The summed E-state index contributed by atoms with van der Waals surface area (Å²) in [4.78, 5) is 24.8. The molecule has 0 radical (unpaired) electrons.